The molecule has 7 nitrogen and oxygen atoms in total. The fourth-order valence-corrected chi connectivity index (χ4v) is 4.34. The third-order valence-corrected chi connectivity index (χ3v) is 6.25. The highest BCUT2D eigenvalue weighted by atomic mass is 19.1. The van der Waals surface area contributed by atoms with Crippen LogP contribution in [0.3, 0.4) is 0 Å². The van der Waals surface area contributed by atoms with E-state index < -0.39 is 5.54 Å². The summed E-state index contributed by atoms with van der Waals surface area (Å²) in [5.74, 6) is -0.0873. The van der Waals surface area contributed by atoms with Crippen molar-refractivity contribution in [3.8, 4) is 11.4 Å². The van der Waals surface area contributed by atoms with E-state index in [1.54, 1.807) is 18.3 Å². The van der Waals surface area contributed by atoms with Gasteiger partial charge < -0.3 is 15.4 Å². The molecule has 0 radical (unpaired) electrons. The van der Waals surface area contributed by atoms with Gasteiger partial charge in [0.15, 0.2) is 0 Å². The SMILES string of the molecule is COc1ccc(CC2(CCC(=O)NCCc3cnn(-c4ccccc4)c3)CCC(=O)N2)c(F)c1. The van der Waals surface area contributed by atoms with Gasteiger partial charge in [-0.15, -0.1) is 0 Å². The molecule has 1 unspecified atom stereocenters. The van der Waals surface area contributed by atoms with Crippen LogP contribution in [-0.4, -0.2) is 40.8 Å². The van der Waals surface area contributed by atoms with Gasteiger partial charge in [-0.3, -0.25) is 9.59 Å². The lowest BCUT2D eigenvalue weighted by Crippen LogP contribution is -2.44. The Hall–Kier alpha value is -3.68. The quantitative estimate of drug-likeness (QED) is 0.482. The monoisotopic (exact) mass is 464 g/mol. The Balaban J connectivity index is 1.29. The third-order valence-electron chi connectivity index (χ3n) is 6.25. The largest absolute Gasteiger partial charge is 0.497 e. The summed E-state index contributed by atoms with van der Waals surface area (Å²) in [7, 11) is 1.49. The van der Waals surface area contributed by atoms with Crippen LogP contribution in [0.1, 0.15) is 36.8 Å². The highest BCUT2D eigenvalue weighted by Gasteiger charge is 2.38. The van der Waals surface area contributed by atoms with Gasteiger partial charge in [0, 0.05) is 37.2 Å². The van der Waals surface area contributed by atoms with Crippen molar-refractivity contribution in [2.45, 2.75) is 44.1 Å². The van der Waals surface area contributed by atoms with Crippen molar-refractivity contribution in [1.29, 1.82) is 0 Å². The molecule has 2 N–H and O–H groups in total. The van der Waals surface area contributed by atoms with Crippen LogP contribution in [0.25, 0.3) is 5.69 Å². The number of benzene rings is 2. The van der Waals surface area contributed by atoms with E-state index in [2.05, 4.69) is 15.7 Å². The summed E-state index contributed by atoms with van der Waals surface area (Å²) in [6.45, 7) is 0.492. The molecular weight excluding hydrogens is 435 g/mol. The zero-order chi connectivity index (χ0) is 24.0. The Morgan fingerprint density at radius 2 is 2.09 bits per heavy atom. The average Bonchev–Trinajstić information content (AvgIpc) is 3.47. The number of nitrogens with zero attached hydrogens (tertiary/aromatic N) is 2. The van der Waals surface area contributed by atoms with Gasteiger partial charge in [0.2, 0.25) is 11.8 Å². The van der Waals surface area contributed by atoms with Gasteiger partial charge >= 0.3 is 0 Å². The maximum Gasteiger partial charge on any atom is 0.220 e. The number of amides is 2. The molecule has 1 atom stereocenters. The van der Waals surface area contributed by atoms with Crippen molar-refractivity contribution in [1.82, 2.24) is 20.4 Å². The Bertz CT molecular complexity index is 1150. The van der Waals surface area contributed by atoms with Crippen molar-refractivity contribution in [2.24, 2.45) is 0 Å². The molecule has 1 fully saturated rings. The van der Waals surface area contributed by atoms with Crippen molar-refractivity contribution in [3.63, 3.8) is 0 Å². The Kier molecular flexibility index (Phi) is 7.25. The maximum atomic E-state index is 14.5. The fourth-order valence-electron chi connectivity index (χ4n) is 4.34. The third kappa shape index (κ3) is 5.81. The van der Waals surface area contributed by atoms with Crippen LogP contribution >= 0.6 is 0 Å². The van der Waals surface area contributed by atoms with Crippen LogP contribution in [0.4, 0.5) is 4.39 Å². The van der Waals surface area contributed by atoms with Crippen LogP contribution in [-0.2, 0) is 22.4 Å². The van der Waals surface area contributed by atoms with E-state index in [4.69, 9.17) is 4.74 Å². The number of hydrogen-bond acceptors (Lipinski definition) is 4. The van der Waals surface area contributed by atoms with Gasteiger partial charge in [-0.05, 0) is 55.0 Å². The molecule has 2 amide bonds. The maximum absolute atomic E-state index is 14.5. The molecule has 0 aliphatic carbocycles. The number of carbonyl (C=O) groups excluding carboxylic acids is 2. The number of aromatic nitrogens is 2. The van der Waals surface area contributed by atoms with Crippen molar-refractivity contribution in [3.05, 3.63) is 77.9 Å². The van der Waals surface area contributed by atoms with Crippen molar-refractivity contribution < 1.29 is 18.7 Å². The standard InChI is InChI=1S/C26H29FN4O3/c1-34-22-8-7-20(23(27)15-22)16-26(13-10-25(33)30-26)12-9-24(32)28-14-11-19-17-29-31(18-19)21-5-3-2-4-6-21/h2-8,15,17-18H,9-14,16H2,1H3,(H,28,32)(H,30,33). The van der Waals surface area contributed by atoms with Crippen LogP contribution in [0.5, 0.6) is 5.75 Å². The smallest absolute Gasteiger partial charge is 0.220 e. The number of hydrogen-bond donors (Lipinski definition) is 2. The van der Waals surface area contributed by atoms with Gasteiger partial charge in [-0.1, -0.05) is 24.3 Å². The van der Waals surface area contributed by atoms with Crippen molar-refractivity contribution >= 4 is 11.8 Å². The first-order valence-corrected chi connectivity index (χ1v) is 11.5. The van der Waals surface area contributed by atoms with Crippen molar-refractivity contribution in [2.75, 3.05) is 13.7 Å². The predicted molar refractivity (Wildman–Crippen MR) is 126 cm³/mol. The van der Waals surface area contributed by atoms with Crippen LogP contribution in [0, 0.1) is 5.82 Å². The second-order valence-corrected chi connectivity index (χ2v) is 8.69. The summed E-state index contributed by atoms with van der Waals surface area (Å²) in [6, 6.07) is 14.6. The second kappa shape index (κ2) is 10.5. The van der Waals surface area contributed by atoms with E-state index in [1.165, 1.54) is 13.2 Å². The molecule has 1 aliphatic rings. The second-order valence-electron chi connectivity index (χ2n) is 8.69. The number of nitrogens with one attached hydrogen (secondary N) is 2. The van der Waals surface area contributed by atoms with Crippen LogP contribution < -0.4 is 15.4 Å². The number of methoxy groups -OCH3 is 1. The summed E-state index contributed by atoms with van der Waals surface area (Å²) < 4.78 is 21.4. The fraction of sp³-hybridized carbons (Fsp3) is 0.346. The molecule has 2 aromatic carbocycles. The zero-order valence-corrected chi connectivity index (χ0v) is 19.2. The minimum atomic E-state index is -0.624. The van der Waals surface area contributed by atoms with Gasteiger partial charge in [-0.25, -0.2) is 9.07 Å². The van der Waals surface area contributed by atoms with E-state index >= 15 is 0 Å². The lowest BCUT2D eigenvalue weighted by molar-refractivity contribution is -0.122. The molecule has 34 heavy (non-hydrogen) atoms. The summed E-state index contributed by atoms with van der Waals surface area (Å²) in [5.41, 5.74) is 1.88. The first-order valence-electron chi connectivity index (χ1n) is 11.5. The van der Waals surface area contributed by atoms with Crippen LogP contribution in [0.15, 0.2) is 60.9 Å². The molecule has 4 rings (SSSR count). The molecular formula is C26H29FN4O3. The topological polar surface area (TPSA) is 85.2 Å². The predicted octanol–water partition coefficient (Wildman–Crippen LogP) is 3.35. The highest BCUT2D eigenvalue weighted by Crippen LogP contribution is 2.31. The van der Waals surface area contributed by atoms with E-state index in [-0.39, 0.29) is 24.1 Å². The van der Waals surface area contributed by atoms with E-state index in [1.807, 2.05) is 41.2 Å². The first-order chi connectivity index (χ1) is 16.5. The summed E-state index contributed by atoms with van der Waals surface area (Å²) >= 11 is 0. The zero-order valence-electron chi connectivity index (χ0n) is 19.2. The van der Waals surface area contributed by atoms with E-state index in [9.17, 15) is 14.0 Å². The number of rotatable bonds is 10. The number of para-hydroxylation sites is 1. The summed E-state index contributed by atoms with van der Waals surface area (Å²) in [4.78, 5) is 24.5. The summed E-state index contributed by atoms with van der Waals surface area (Å²) in [6.07, 6.45) is 6.40. The first kappa shape index (κ1) is 23.5. The average molecular weight is 465 g/mol. The number of ether oxygens (including phenoxy) is 1. The molecule has 178 valence electrons. The van der Waals surface area contributed by atoms with Gasteiger partial charge in [0.1, 0.15) is 11.6 Å². The highest BCUT2D eigenvalue weighted by molar-refractivity contribution is 5.80. The lowest BCUT2D eigenvalue weighted by Gasteiger charge is -2.29. The molecule has 2 heterocycles. The number of halogens is 1. The van der Waals surface area contributed by atoms with Crippen LogP contribution in [0.2, 0.25) is 0 Å². The number of carbonyl (C=O) groups is 2. The van der Waals surface area contributed by atoms with E-state index in [0.717, 1.165) is 11.3 Å². The Morgan fingerprint density at radius 1 is 1.26 bits per heavy atom. The van der Waals surface area contributed by atoms with Gasteiger partial charge in [0.25, 0.3) is 0 Å². The Labute approximate surface area is 198 Å². The lowest BCUT2D eigenvalue weighted by atomic mass is 9.84. The van der Waals surface area contributed by atoms with Gasteiger partial charge in [-0.2, -0.15) is 5.10 Å². The molecule has 1 aliphatic heterocycles. The summed E-state index contributed by atoms with van der Waals surface area (Å²) in [5, 5.41) is 10.3. The molecule has 8 heteroatoms. The molecule has 1 saturated heterocycles. The molecule has 0 spiro atoms. The van der Waals surface area contributed by atoms with E-state index in [0.29, 0.717) is 50.0 Å². The molecule has 3 aromatic rings. The minimum absolute atomic E-state index is 0.0650. The molecule has 0 bridgehead atoms. The minimum Gasteiger partial charge on any atom is -0.497 e. The molecule has 1 aromatic heterocycles. The normalized spacial score (nSPS) is 17.4. The Morgan fingerprint density at radius 3 is 2.79 bits per heavy atom. The molecule has 0 saturated carbocycles. The van der Waals surface area contributed by atoms with Gasteiger partial charge in [0.05, 0.1) is 19.0 Å².